The van der Waals surface area contributed by atoms with E-state index in [4.69, 9.17) is 4.42 Å². The van der Waals surface area contributed by atoms with Crippen molar-refractivity contribution in [2.45, 2.75) is 32.6 Å². The Morgan fingerprint density at radius 3 is 2.52 bits per heavy atom. The largest absolute Gasteiger partial charge is 0.422 e. The lowest BCUT2D eigenvalue weighted by Crippen LogP contribution is -2.35. The van der Waals surface area contributed by atoms with Crippen LogP contribution < -0.4 is 10.9 Å². The van der Waals surface area contributed by atoms with Crippen LogP contribution in [-0.4, -0.2) is 5.78 Å². The number of hydrogen-bond donors (Lipinski definition) is 1. The fourth-order valence-electron chi connectivity index (χ4n) is 4.63. The van der Waals surface area contributed by atoms with Crippen molar-refractivity contribution in [2.24, 2.45) is 5.41 Å². The number of hydrogen-bond acceptors (Lipinski definition) is 4. The molecule has 1 aromatic heterocycles. The van der Waals surface area contributed by atoms with Crippen LogP contribution in [0.1, 0.15) is 43.7 Å². The van der Waals surface area contributed by atoms with Crippen molar-refractivity contribution in [2.75, 3.05) is 5.32 Å². The molecule has 0 saturated heterocycles. The number of carbonyl (C=O) groups excluding carboxylic acids is 1. The molecular formula is C24H20FNO3. The average molecular weight is 389 g/mol. The first-order valence-corrected chi connectivity index (χ1v) is 9.68. The molecule has 0 amide bonds. The van der Waals surface area contributed by atoms with Gasteiger partial charge < -0.3 is 9.73 Å². The monoisotopic (exact) mass is 389 g/mol. The van der Waals surface area contributed by atoms with Crippen LogP contribution in [0.25, 0.3) is 11.0 Å². The number of benzene rings is 2. The van der Waals surface area contributed by atoms with E-state index in [2.05, 4.69) is 19.2 Å². The molecule has 0 bridgehead atoms. The quantitative estimate of drug-likeness (QED) is 0.586. The maximum absolute atomic E-state index is 13.6. The topological polar surface area (TPSA) is 59.3 Å². The lowest BCUT2D eigenvalue weighted by Gasteiger charge is -2.39. The van der Waals surface area contributed by atoms with Gasteiger partial charge in [0.1, 0.15) is 11.4 Å². The van der Waals surface area contributed by atoms with Crippen LogP contribution in [0.15, 0.2) is 69.0 Å². The first-order valence-electron chi connectivity index (χ1n) is 9.68. The van der Waals surface area contributed by atoms with Crippen molar-refractivity contribution < 1.29 is 13.6 Å². The summed E-state index contributed by atoms with van der Waals surface area (Å²) in [7, 11) is 0. The van der Waals surface area contributed by atoms with Gasteiger partial charge in [-0.1, -0.05) is 38.1 Å². The summed E-state index contributed by atoms with van der Waals surface area (Å²) in [6.07, 6.45) is 1.10. The van der Waals surface area contributed by atoms with E-state index in [-0.39, 0.29) is 17.0 Å². The molecule has 1 aliphatic carbocycles. The van der Waals surface area contributed by atoms with Crippen molar-refractivity contribution >= 4 is 22.4 Å². The molecule has 0 fully saturated rings. The molecule has 2 aromatic carbocycles. The zero-order valence-corrected chi connectivity index (χ0v) is 16.2. The maximum atomic E-state index is 13.6. The summed E-state index contributed by atoms with van der Waals surface area (Å²) in [5.74, 6) is -0.929. The van der Waals surface area contributed by atoms with Gasteiger partial charge in [-0.3, -0.25) is 4.79 Å². The van der Waals surface area contributed by atoms with Gasteiger partial charge >= 0.3 is 5.63 Å². The van der Waals surface area contributed by atoms with Gasteiger partial charge in [-0.25, -0.2) is 9.18 Å². The zero-order valence-electron chi connectivity index (χ0n) is 16.2. The van der Waals surface area contributed by atoms with Crippen LogP contribution in [0.2, 0.25) is 0 Å². The van der Waals surface area contributed by atoms with E-state index >= 15 is 0 Å². The molecule has 29 heavy (non-hydrogen) atoms. The van der Waals surface area contributed by atoms with E-state index in [0.29, 0.717) is 40.8 Å². The smallest absolute Gasteiger partial charge is 0.342 e. The summed E-state index contributed by atoms with van der Waals surface area (Å²) < 4.78 is 19.2. The number of carbonyl (C=O) groups is 1. The Labute approximate surface area is 167 Å². The van der Waals surface area contributed by atoms with Crippen LogP contribution in [-0.2, 0) is 4.79 Å². The first kappa shape index (κ1) is 17.9. The van der Waals surface area contributed by atoms with Crippen LogP contribution in [0.3, 0.4) is 0 Å². The first-order chi connectivity index (χ1) is 13.8. The molecule has 5 rings (SSSR count). The van der Waals surface area contributed by atoms with Gasteiger partial charge in [0, 0.05) is 29.0 Å². The summed E-state index contributed by atoms with van der Waals surface area (Å²) in [6.45, 7) is 4.13. The van der Waals surface area contributed by atoms with Gasteiger partial charge in [0.15, 0.2) is 5.78 Å². The SMILES string of the molecule is CC1(C)CC(=O)C2=C(C1)Nc1c(c(=O)oc3ccccc13)C2c1ccc(F)cc1. The Bertz CT molecular complexity index is 1250. The summed E-state index contributed by atoms with van der Waals surface area (Å²) in [5, 5.41) is 4.19. The van der Waals surface area contributed by atoms with E-state index in [1.54, 1.807) is 18.2 Å². The number of Topliss-reactive ketones (excluding diaryl/α,β-unsaturated/α-hetero) is 1. The molecule has 2 heterocycles. The number of ketones is 1. The number of rotatable bonds is 1. The number of halogens is 1. The predicted octanol–water partition coefficient (Wildman–Crippen LogP) is 5.13. The second-order valence-corrected chi connectivity index (χ2v) is 8.62. The van der Waals surface area contributed by atoms with E-state index < -0.39 is 11.5 Å². The Hall–Kier alpha value is -3.21. The normalized spacial score (nSPS) is 20.2. The van der Waals surface area contributed by atoms with Crippen molar-refractivity contribution in [1.29, 1.82) is 0 Å². The van der Waals surface area contributed by atoms with Gasteiger partial charge in [0.05, 0.1) is 11.3 Å². The summed E-state index contributed by atoms with van der Waals surface area (Å²) in [4.78, 5) is 26.2. The molecule has 1 unspecified atom stereocenters. The Balaban J connectivity index is 1.84. The van der Waals surface area contributed by atoms with Gasteiger partial charge in [-0.2, -0.15) is 0 Å². The molecule has 0 saturated carbocycles. The zero-order chi connectivity index (χ0) is 20.3. The van der Waals surface area contributed by atoms with E-state index in [1.165, 1.54) is 12.1 Å². The van der Waals surface area contributed by atoms with E-state index in [1.807, 2.05) is 18.2 Å². The lowest BCUT2D eigenvalue weighted by atomic mass is 9.69. The molecule has 146 valence electrons. The van der Waals surface area contributed by atoms with Gasteiger partial charge in [-0.15, -0.1) is 0 Å². The van der Waals surface area contributed by atoms with Gasteiger partial charge in [-0.05, 0) is 41.7 Å². The number of anilines is 1. The fourth-order valence-corrected chi connectivity index (χ4v) is 4.63. The van der Waals surface area contributed by atoms with Crippen molar-refractivity contribution in [3.05, 3.63) is 87.2 Å². The summed E-state index contributed by atoms with van der Waals surface area (Å²) in [5.41, 5.74) is 3.05. The van der Waals surface area contributed by atoms with Crippen molar-refractivity contribution in [3.8, 4) is 0 Å². The van der Waals surface area contributed by atoms with E-state index in [0.717, 1.165) is 11.1 Å². The molecule has 3 aromatic rings. The highest BCUT2D eigenvalue weighted by atomic mass is 19.1. The third kappa shape index (κ3) is 2.80. The number of fused-ring (bicyclic) bond motifs is 3. The Kier molecular flexibility index (Phi) is 3.78. The van der Waals surface area contributed by atoms with Gasteiger partial charge in [0.25, 0.3) is 0 Å². The summed E-state index contributed by atoms with van der Waals surface area (Å²) >= 11 is 0. The molecule has 0 radical (unpaired) electrons. The molecule has 0 spiro atoms. The van der Waals surface area contributed by atoms with Crippen LogP contribution >= 0.6 is 0 Å². The highest BCUT2D eigenvalue weighted by Gasteiger charge is 2.42. The fraction of sp³-hybridized carbons (Fsp3) is 0.250. The molecule has 4 nitrogen and oxygen atoms in total. The molecular weight excluding hydrogens is 369 g/mol. The molecule has 1 N–H and O–H groups in total. The minimum Gasteiger partial charge on any atom is -0.422 e. The van der Waals surface area contributed by atoms with Crippen molar-refractivity contribution in [1.82, 2.24) is 0 Å². The second kappa shape index (κ2) is 6.14. The van der Waals surface area contributed by atoms with Gasteiger partial charge in [0.2, 0.25) is 0 Å². The Morgan fingerprint density at radius 1 is 1.03 bits per heavy atom. The van der Waals surface area contributed by atoms with Crippen LogP contribution in [0.4, 0.5) is 10.1 Å². The Morgan fingerprint density at radius 2 is 1.76 bits per heavy atom. The number of para-hydroxylation sites is 1. The van der Waals surface area contributed by atoms with E-state index in [9.17, 15) is 14.0 Å². The lowest BCUT2D eigenvalue weighted by molar-refractivity contribution is -0.118. The molecule has 1 aliphatic heterocycles. The predicted molar refractivity (Wildman–Crippen MR) is 109 cm³/mol. The minimum absolute atomic E-state index is 0.0104. The third-order valence-corrected chi connectivity index (χ3v) is 5.82. The minimum atomic E-state index is -0.577. The van der Waals surface area contributed by atoms with Crippen LogP contribution in [0.5, 0.6) is 0 Å². The molecule has 2 aliphatic rings. The van der Waals surface area contributed by atoms with Crippen molar-refractivity contribution in [3.63, 3.8) is 0 Å². The maximum Gasteiger partial charge on any atom is 0.342 e. The number of nitrogens with one attached hydrogen (secondary N) is 1. The molecule has 5 heteroatoms. The number of allylic oxidation sites excluding steroid dienone is 2. The molecule has 1 atom stereocenters. The average Bonchev–Trinajstić information content (AvgIpc) is 2.66. The third-order valence-electron chi connectivity index (χ3n) is 5.82. The standard InChI is InChI=1S/C24H20FNO3/c1-24(2)11-16-20(17(27)12-24)19(13-7-9-14(25)10-8-13)21-22(26-16)15-5-3-4-6-18(15)29-23(21)28/h3-10,19,26H,11-12H2,1-2H3. The highest BCUT2D eigenvalue weighted by Crippen LogP contribution is 2.49. The van der Waals surface area contributed by atoms with Crippen LogP contribution in [0, 0.1) is 11.2 Å². The summed E-state index contributed by atoms with van der Waals surface area (Å²) in [6, 6.07) is 13.3. The second-order valence-electron chi connectivity index (χ2n) is 8.62. The highest BCUT2D eigenvalue weighted by molar-refractivity contribution is 6.04.